The Hall–Kier alpha value is -3.98. The molecule has 4 aromatic rings. The molecule has 0 aliphatic carbocycles. The van der Waals surface area contributed by atoms with Gasteiger partial charge in [-0.25, -0.2) is 4.98 Å². The number of hydrogen-bond donors (Lipinski definition) is 0. The lowest BCUT2D eigenvalue weighted by atomic mass is 10.1. The molecule has 9 heteroatoms. The van der Waals surface area contributed by atoms with Gasteiger partial charge in [0.25, 0.3) is 11.5 Å². The van der Waals surface area contributed by atoms with Crippen LogP contribution in [0.1, 0.15) is 11.7 Å². The number of benzene rings is 2. The molecule has 33 heavy (non-hydrogen) atoms. The molecule has 1 aliphatic heterocycles. The largest absolute Gasteiger partial charge is 0.448 e. The van der Waals surface area contributed by atoms with Crippen molar-refractivity contribution in [2.24, 2.45) is 0 Å². The monoisotopic (exact) mass is 447 g/mol. The van der Waals surface area contributed by atoms with Crippen molar-refractivity contribution in [3.8, 4) is 0 Å². The van der Waals surface area contributed by atoms with Gasteiger partial charge >= 0.3 is 5.97 Å². The number of carbonyl (C=O) groups is 2. The van der Waals surface area contributed by atoms with E-state index >= 15 is 0 Å². The number of amides is 1. The lowest BCUT2D eigenvalue weighted by Gasteiger charge is -2.30. The van der Waals surface area contributed by atoms with E-state index in [1.54, 1.807) is 41.3 Å². The van der Waals surface area contributed by atoms with Crippen LogP contribution in [0.3, 0.4) is 0 Å². The van der Waals surface area contributed by atoms with E-state index in [9.17, 15) is 14.4 Å². The Morgan fingerprint density at radius 2 is 1.76 bits per heavy atom. The van der Waals surface area contributed by atoms with Gasteiger partial charge in [-0.2, -0.15) is 0 Å². The Morgan fingerprint density at radius 1 is 1.03 bits per heavy atom. The van der Waals surface area contributed by atoms with Crippen LogP contribution in [0, 0.1) is 0 Å². The summed E-state index contributed by atoms with van der Waals surface area (Å²) in [6.07, 6.45) is 0.172. The van der Waals surface area contributed by atoms with E-state index in [1.165, 1.54) is 6.33 Å². The van der Waals surface area contributed by atoms with Gasteiger partial charge in [-0.1, -0.05) is 42.5 Å². The Labute approximate surface area is 188 Å². The third-order valence-corrected chi connectivity index (χ3v) is 5.55. The first-order valence-corrected chi connectivity index (χ1v) is 10.6. The smallest absolute Gasteiger partial charge is 0.327 e. The van der Waals surface area contributed by atoms with Crippen molar-refractivity contribution in [1.29, 1.82) is 0 Å². The minimum atomic E-state index is -1.12. The highest BCUT2D eigenvalue weighted by atomic mass is 16.5. The molecule has 1 amide bonds. The second-order valence-electron chi connectivity index (χ2n) is 7.67. The molecule has 1 atom stereocenters. The second-order valence-corrected chi connectivity index (χ2v) is 7.67. The maximum atomic E-state index is 13.1. The van der Waals surface area contributed by atoms with E-state index < -0.39 is 24.2 Å². The molecule has 0 bridgehead atoms. The van der Waals surface area contributed by atoms with Gasteiger partial charge in [0.05, 0.1) is 19.5 Å². The SMILES string of the molecule is O=C(Cn1cnc2c(oc3ccccc32)c1=O)OC(C(=O)N1CCOCC1)c1ccccc1. The van der Waals surface area contributed by atoms with E-state index in [2.05, 4.69) is 4.98 Å². The molecule has 168 valence electrons. The van der Waals surface area contributed by atoms with Crippen LogP contribution in [0.4, 0.5) is 0 Å². The highest BCUT2D eigenvalue weighted by molar-refractivity contribution is 6.01. The summed E-state index contributed by atoms with van der Waals surface area (Å²) in [5.74, 6) is -1.05. The van der Waals surface area contributed by atoms with E-state index in [4.69, 9.17) is 13.9 Å². The second kappa shape index (κ2) is 8.87. The third-order valence-electron chi connectivity index (χ3n) is 5.55. The zero-order chi connectivity index (χ0) is 22.8. The van der Waals surface area contributed by atoms with Crippen molar-refractivity contribution in [1.82, 2.24) is 14.5 Å². The summed E-state index contributed by atoms with van der Waals surface area (Å²) in [5.41, 5.74) is 1.10. The van der Waals surface area contributed by atoms with E-state index in [1.807, 2.05) is 18.2 Å². The Kier molecular flexibility index (Phi) is 5.62. The zero-order valence-corrected chi connectivity index (χ0v) is 17.7. The molecule has 2 aromatic heterocycles. The predicted octanol–water partition coefficient (Wildman–Crippen LogP) is 2.29. The molecule has 0 saturated carbocycles. The molecule has 1 unspecified atom stereocenters. The molecule has 0 N–H and O–H groups in total. The normalized spacial score (nSPS) is 15.0. The molecule has 9 nitrogen and oxygen atoms in total. The van der Waals surface area contributed by atoms with Crippen LogP contribution >= 0.6 is 0 Å². The van der Waals surface area contributed by atoms with Gasteiger partial charge in [0.15, 0.2) is 0 Å². The van der Waals surface area contributed by atoms with E-state index in [-0.39, 0.29) is 11.5 Å². The Balaban J connectivity index is 1.40. The summed E-state index contributed by atoms with van der Waals surface area (Å²) < 4.78 is 17.7. The number of ether oxygens (including phenoxy) is 2. The van der Waals surface area contributed by atoms with Gasteiger partial charge in [0.2, 0.25) is 11.7 Å². The van der Waals surface area contributed by atoms with Gasteiger partial charge in [-0.05, 0) is 12.1 Å². The fourth-order valence-corrected chi connectivity index (χ4v) is 3.87. The van der Waals surface area contributed by atoms with Gasteiger partial charge in [0.1, 0.15) is 17.6 Å². The standard InChI is InChI=1S/C24H21N3O6/c28-19(14-27-15-25-20-17-8-4-5-9-18(17)32-22(20)24(27)30)33-21(16-6-2-1-3-7-16)23(29)26-10-12-31-13-11-26/h1-9,15,21H,10-14H2. The highest BCUT2D eigenvalue weighted by Crippen LogP contribution is 2.24. The van der Waals surface area contributed by atoms with Crippen LogP contribution < -0.4 is 5.56 Å². The molecule has 5 rings (SSSR count). The summed E-state index contributed by atoms with van der Waals surface area (Å²) in [5, 5.41) is 0.722. The van der Waals surface area contributed by atoms with E-state index in [0.29, 0.717) is 43.0 Å². The number of furan rings is 1. The fourth-order valence-electron chi connectivity index (χ4n) is 3.87. The topological polar surface area (TPSA) is 104 Å². The average Bonchev–Trinajstić information content (AvgIpc) is 3.24. The van der Waals surface area contributed by atoms with Crippen molar-refractivity contribution in [3.63, 3.8) is 0 Å². The number of morpholine rings is 1. The molecule has 0 spiro atoms. The zero-order valence-electron chi connectivity index (χ0n) is 17.7. The number of para-hydroxylation sites is 1. The maximum absolute atomic E-state index is 13.1. The van der Waals surface area contributed by atoms with Gasteiger partial charge in [-0.15, -0.1) is 0 Å². The molecule has 1 saturated heterocycles. The lowest BCUT2D eigenvalue weighted by molar-refractivity contribution is -0.163. The summed E-state index contributed by atoms with van der Waals surface area (Å²) in [6, 6.07) is 16.0. The summed E-state index contributed by atoms with van der Waals surface area (Å²) in [4.78, 5) is 44.8. The number of fused-ring (bicyclic) bond motifs is 3. The average molecular weight is 447 g/mol. The molecule has 1 fully saturated rings. The predicted molar refractivity (Wildman–Crippen MR) is 118 cm³/mol. The number of esters is 1. The lowest BCUT2D eigenvalue weighted by Crippen LogP contribution is -2.44. The van der Waals surface area contributed by atoms with Gasteiger partial charge in [-0.3, -0.25) is 19.0 Å². The minimum absolute atomic E-state index is 0.0653. The van der Waals surface area contributed by atoms with Crippen LogP contribution in [-0.2, 0) is 25.6 Å². The van der Waals surface area contributed by atoms with Crippen LogP contribution in [-0.4, -0.2) is 52.6 Å². The summed E-state index contributed by atoms with van der Waals surface area (Å²) >= 11 is 0. The fraction of sp³-hybridized carbons (Fsp3) is 0.250. The first kappa shape index (κ1) is 20.9. The first-order chi connectivity index (χ1) is 16.1. The van der Waals surface area contributed by atoms with Crippen LogP contribution in [0.25, 0.3) is 22.1 Å². The van der Waals surface area contributed by atoms with Crippen molar-refractivity contribution in [2.45, 2.75) is 12.6 Å². The molecule has 2 aromatic carbocycles. The molecular weight excluding hydrogens is 426 g/mol. The van der Waals surface area contributed by atoms with Gasteiger partial charge < -0.3 is 18.8 Å². The molecular formula is C24H21N3O6. The van der Waals surface area contributed by atoms with Crippen molar-refractivity contribution >= 4 is 33.9 Å². The quantitative estimate of drug-likeness (QED) is 0.432. The third kappa shape index (κ3) is 4.10. The number of hydrogen-bond acceptors (Lipinski definition) is 7. The Bertz CT molecular complexity index is 1370. The molecule has 3 heterocycles. The van der Waals surface area contributed by atoms with Crippen LogP contribution in [0.5, 0.6) is 0 Å². The highest BCUT2D eigenvalue weighted by Gasteiger charge is 2.30. The van der Waals surface area contributed by atoms with Crippen molar-refractivity contribution in [2.75, 3.05) is 26.3 Å². The van der Waals surface area contributed by atoms with Crippen molar-refractivity contribution < 1.29 is 23.5 Å². The number of nitrogens with zero attached hydrogens (tertiary/aromatic N) is 3. The van der Waals surface area contributed by atoms with Gasteiger partial charge in [0, 0.05) is 24.0 Å². The molecule has 1 aliphatic rings. The summed E-state index contributed by atoms with van der Waals surface area (Å²) in [6.45, 7) is 1.30. The minimum Gasteiger partial charge on any atom is -0.448 e. The number of carbonyl (C=O) groups excluding carboxylic acids is 2. The van der Waals surface area contributed by atoms with E-state index in [0.717, 1.165) is 9.95 Å². The maximum Gasteiger partial charge on any atom is 0.327 e. The van der Waals surface area contributed by atoms with Crippen LogP contribution in [0.15, 0.2) is 70.1 Å². The number of aromatic nitrogens is 2. The molecule has 0 radical (unpaired) electrons. The number of rotatable bonds is 5. The Morgan fingerprint density at radius 3 is 2.55 bits per heavy atom. The first-order valence-electron chi connectivity index (χ1n) is 10.6. The van der Waals surface area contributed by atoms with Crippen LogP contribution in [0.2, 0.25) is 0 Å². The summed E-state index contributed by atoms with van der Waals surface area (Å²) in [7, 11) is 0. The van der Waals surface area contributed by atoms with Crippen molar-refractivity contribution in [3.05, 3.63) is 76.8 Å².